The largest absolute Gasteiger partial charge is 0.494 e. The molecule has 2 rings (SSSR count). The van der Waals surface area contributed by atoms with Gasteiger partial charge in [-0.1, -0.05) is 32.6 Å². The highest BCUT2D eigenvalue weighted by Gasteiger charge is 2.11. The fourth-order valence-electron chi connectivity index (χ4n) is 2.71. The van der Waals surface area contributed by atoms with Crippen LogP contribution in [0.3, 0.4) is 0 Å². The molecule has 30 heavy (non-hydrogen) atoms. The molecule has 0 spiro atoms. The second kappa shape index (κ2) is 13.4. The molecule has 0 bridgehead atoms. The zero-order chi connectivity index (χ0) is 21.6. The van der Waals surface area contributed by atoms with Gasteiger partial charge in [-0.2, -0.15) is 0 Å². The Hall–Kier alpha value is -2.86. The van der Waals surface area contributed by atoms with Crippen LogP contribution in [0.1, 0.15) is 59.7 Å². The molecule has 2 aromatic rings. The number of methoxy groups -OCH3 is 1. The third kappa shape index (κ3) is 8.25. The van der Waals surface area contributed by atoms with Crippen molar-refractivity contribution in [1.29, 1.82) is 0 Å². The summed E-state index contributed by atoms with van der Waals surface area (Å²) >= 11 is 0. The van der Waals surface area contributed by atoms with Gasteiger partial charge in [-0.3, -0.25) is 0 Å². The predicted molar refractivity (Wildman–Crippen MR) is 114 cm³/mol. The molecule has 0 aromatic heterocycles. The normalized spacial score (nSPS) is 10.5. The number of carbonyl (C=O) groups is 2. The van der Waals surface area contributed by atoms with Crippen LogP contribution in [-0.4, -0.2) is 38.9 Å². The lowest BCUT2D eigenvalue weighted by Gasteiger charge is -2.08. The highest BCUT2D eigenvalue weighted by molar-refractivity contribution is 5.92. The fraction of sp³-hybridized carbons (Fsp3) is 0.417. The molecule has 0 N–H and O–H groups in total. The van der Waals surface area contributed by atoms with Crippen molar-refractivity contribution in [3.63, 3.8) is 0 Å². The number of hydrogen-bond acceptors (Lipinski definition) is 6. The summed E-state index contributed by atoms with van der Waals surface area (Å²) in [6.07, 6.45) is 5.92. The number of esters is 2. The highest BCUT2D eigenvalue weighted by Crippen LogP contribution is 2.17. The summed E-state index contributed by atoms with van der Waals surface area (Å²) in [5.41, 5.74) is 0.801. The lowest BCUT2D eigenvalue weighted by atomic mass is 10.2. The van der Waals surface area contributed by atoms with Crippen molar-refractivity contribution in [2.45, 2.75) is 39.0 Å². The van der Waals surface area contributed by atoms with Crippen LogP contribution in [0.5, 0.6) is 11.5 Å². The van der Waals surface area contributed by atoms with Gasteiger partial charge >= 0.3 is 11.9 Å². The molecule has 0 atom stereocenters. The first-order valence-electron chi connectivity index (χ1n) is 10.3. The molecule has 0 radical (unpaired) electrons. The summed E-state index contributed by atoms with van der Waals surface area (Å²) < 4.78 is 20.9. The molecule has 0 aliphatic heterocycles. The van der Waals surface area contributed by atoms with E-state index in [1.165, 1.54) is 32.8 Å². The molecule has 0 saturated heterocycles. The average Bonchev–Trinajstić information content (AvgIpc) is 2.77. The summed E-state index contributed by atoms with van der Waals surface area (Å²) in [5.74, 6) is 0.154. The quantitative estimate of drug-likeness (QED) is 0.259. The molecule has 0 aliphatic carbocycles. The summed E-state index contributed by atoms with van der Waals surface area (Å²) in [6.45, 7) is 3.39. The van der Waals surface area contributed by atoms with Crippen LogP contribution < -0.4 is 9.47 Å². The number of unbranched alkanes of at least 4 members (excludes halogenated alkanes) is 4. The minimum Gasteiger partial charge on any atom is -0.494 e. The van der Waals surface area contributed by atoms with E-state index in [1.807, 2.05) is 0 Å². The molecule has 0 aliphatic rings. The van der Waals surface area contributed by atoms with Gasteiger partial charge in [0, 0.05) is 7.11 Å². The zero-order valence-corrected chi connectivity index (χ0v) is 17.7. The number of rotatable bonds is 13. The van der Waals surface area contributed by atoms with Crippen molar-refractivity contribution in [2.75, 3.05) is 26.9 Å². The lowest BCUT2D eigenvalue weighted by Crippen LogP contribution is -2.11. The van der Waals surface area contributed by atoms with E-state index in [-0.39, 0.29) is 6.61 Å². The van der Waals surface area contributed by atoms with Crippen LogP contribution in [0.2, 0.25) is 0 Å². The Morgan fingerprint density at radius 3 is 1.93 bits per heavy atom. The van der Waals surface area contributed by atoms with Gasteiger partial charge in [0.25, 0.3) is 0 Å². The molecular formula is C24H30O6. The molecule has 0 amide bonds. The van der Waals surface area contributed by atoms with E-state index in [9.17, 15) is 9.59 Å². The van der Waals surface area contributed by atoms with E-state index >= 15 is 0 Å². The van der Waals surface area contributed by atoms with Gasteiger partial charge in [0.2, 0.25) is 0 Å². The minimum absolute atomic E-state index is 0.185. The Balaban J connectivity index is 1.79. The van der Waals surface area contributed by atoms with E-state index in [4.69, 9.17) is 18.9 Å². The standard InChI is InChI=1S/C24H30O6/c1-3-4-5-6-7-16-28-21-12-8-20(9-13-21)24(26)30-22-14-10-19(11-15-22)23(25)29-18-17-27-2/h8-15H,3-7,16-18H2,1-2H3. The van der Waals surface area contributed by atoms with Crippen molar-refractivity contribution >= 4 is 11.9 Å². The maximum atomic E-state index is 12.3. The van der Waals surface area contributed by atoms with E-state index < -0.39 is 11.9 Å². The maximum Gasteiger partial charge on any atom is 0.343 e. The van der Waals surface area contributed by atoms with Crippen LogP contribution in [-0.2, 0) is 9.47 Å². The second-order valence-corrected chi connectivity index (χ2v) is 6.83. The van der Waals surface area contributed by atoms with Crippen molar-refractivity contribution in [1.82, 2.24) is 0 Å². The molecule has 0 unspecified atom stereocenters. The predicted octanol–water partition coefficient (Wildman–Crippen LogP) is 5.06. The number of benzene rings is 2. The van der Waals surface area contributed by atoms with Crippen LogP contribution >= 0.6 is 0 Å². The fourth-order valence-corrected chi connectivity index (χ4v) is 2.71. The first kappa shape index (κ1) is 23.4. The Bertz CT molecular complexity index is 767. The van der Waals surface area contributed by atoms with Gasteiger partial charge < -0.3 is 18.9 Å². The van der Waals surface area contributed by atoms with Crippen molar-refractivity contribution in [3.05, 3.63) is 59.7 Å². The van der Waals surface area contributed by atoms with Gasteiger partial charge in [-0.25, -0.2) is 9.59 Å². The third-order valence-corrected chi connectivity index (χ3v) is 4.43. The maximum absolute atomic E-state index is 12.3. The first-order chi connectivity index (χ1) is 14.6. The van der Waals surface area contributed by atoms with E-state index in [1.54, 1.807) is 48.5 Å². The molecule has 6 heteroatoms. The van der Waals surface area contributed by atoms with Gasteiger partial charge in [0.15, 0.2) is 0 Å². The monoisotopic (exact) mass is 414 g/mol. The molecule has 2 aromatic carbocycles. The Morgan fingerprint density at radius 2 is 1.30 bits per heavy atom. The number of carbonyl (C=O) groups excluding carboxylic acids is 2. The summed E-state index contributed by atoms with van der Waals surface area (Å²) in [7, 11) is 1.53. The van der Waals surface area contributed by atoms with Crippen molar-refractivity contribution in [2.24, 2.45) is 0 Å². The molecule has 162 valence electrons. The lowest BCUT2D eigenvalue weighted by molar-refractivity contribution is 0.0388. The summed E-state index contributed by atoms with van der Waals surface area (Å²) in [5, 5.41) is 0. The molecule has 0 saturated carbocycles. The number of hydrogen-bond donors (Lipinski definition) is 0. The van der Waals surface area contributed by atoms with Crippen LogP contribution in [0.25, 0.3) is 0 Å². The van der Waals surface area contributed by atoms with Crippen LogP contribution in [0.15, 0.2) is 48.5 Å². The minimum atomic E-state index is -0.475. The Labute approximate surface area is 178 Å². The highest BCUT2D eigenvalue weighted by atomic mass is 16.6. The van der Waals surface area contributed by atoms with Gasteiger partial charge in [-0.05, 0) is 55.0 Å². The smallest absolute Gasteiger partial charge is 0.343 e. The SMILES string of the molecule is CCCCCCCOc1ccc(C(=O)Oc2ccc(C(=O)OCCOC)cc2)cc1. The van der Waals surface area contributed by atoms with E-state index in [0.717, 1.165) is 12.2 Å². The van der Waals surface area contributed by atoms with Crippen molar-refractivity contribution in [3.8, 4) is 11.5 Å². The Morgan fingerprint density at radius 1 is 0.700 bits per heavy atom. The van der Waals surface area contributed by atoms with Gasteiger partial charge in [0.1, 0.15) is 18.1 Å². The Kier molecular flexibility index (Phi) is 10.4. The van der Waals surface area contributed by atoms with Gasteiger partial charge in [0.05, 0.1) is 24.3 Å². The number of ether oxygens (including phenoxy) is 4. The molecule has 0 fully saturated rings. The van der Waals surface area contributed by atoms with Crippen molar-refractivity contribution < 1.29 is 28.5 Å². The third-order valence-electron chi connectivity index (χ3n) is 4.43. The van der Waals surface area contributed by atoms with Crippen LogP contribution in [0.4, 0.5) is 0 Å². The van der Waals surface area contributed by atoms with Crippen LogP contribution in [0, 0.1) is 0 Å². The van der Waals surface area contributed by atoms with E-state index in [2.05, 4.69) is 6.92 Å². The molecule has 0 heterocycles. The topological polar surface area (TPSA) is 71.1 Å². The second-order valence-electron chi connectivity index (χ2n) is 6.83. The first-order valence-corrected chi connectivity index (χ1v) is 10.3. The summed E-state index contributed by atoms with van der Waals surface area (Å²) in [4.78, 5) is 24.2. The average molecular weight is 414 g/mol. The van der Waals surface area contributed by atoms with Gasteiger partial charge in [-0.15, -0.1) is 0 Å². The molecular weight excluding hydrogens is 384 g/mol. The van der Waals surface area contributed by atoms with E-state index in [0.29, 0.717) is 30.1 Å². The molecule has 6 nitrogen and oxygen atoms in total. The zero-order valence-electron chi connectivity index (χ0n) is 17.7. The summed E-state index contributed by atoms with van der Waals surface area (Å²) in [6, 6.07) is 13.1.